The van der Waals surface area contributed by atoms with Crippen LogP contribution in [0.1, 0.15) is 32.9 Å². The minimum absolute atomic E-state index is 0.0541. The van der Waals surface area contributed by atoms with Crippen LogP contribution in [0.4, 0.5) is 0 Å². The summed E-state index contributed by atoms with van der Waals surface area (Å²) in [5.74, 6) is 0.925. The number of aromatic nitrogens is 2. The zero-order valence-corrected chi connectivity index (χ0v) is 17.4. The molecule has 1 aliphatic heterocycles. The van der Waals surface area contributed by atoms with Gasteiger partial charge in [-0.1, -0.05) is 36.4 Å². The van der Waals surface area contributed by atoms with E-state index in [9.17, 15) is 4.79 Å². The van der Waals surface area contributed by atoms with Crippen molar-refractivity contribution in [3.05, 3.63) is 89.0 Å². The molecule has 30 heavy (non-hydrogen) atoms. The summed E-state index contributed by atoms with van der Waals surface area (Å²) in [6, 6.07) is 16.1. The van der Waals surface area contributed by atoms with Gasteiger partial charge in [-0.15, -0.1) is 0 Å². The number of imidazole rings is 1. The summed E-state index contributed by atoms with van der Waals surface area (Å²) in [6.45, 7) is 7.62. The third-order valence-electron chi connectivity index (χ3n) is 5.55. The van der Waals surface area contributed by atoms with Crippen molar-refractivity contribution < 1.29 is 9.53 Å². The monoisotopic (exact) mass is 404 g/mol. The normalized spacial score (nSPS) is 14.6. The van der Waals surface area contributed by atoms with E-state index >= 15 is 0 Å². The summed E-state index contributed by atoms with van der Waals surface area (Å²) in [5, 5.41) is 3.07. The lowest BCUT2D eigenvalue weighted by Crippen LogP contribution is -2.36. The molecule has 1 aromatic heterocycles. The third-order valence-corrected chi connectivity index (χ3v) is 5.55. The molecule has 0 unspecified atom stereocenters. The van der Waals surface area contributed by atoms with Crippen molar-refractivity contribution >= 4 is 5.91 Å². The Morgan fingerprint density at radius 1 is 1.03 bits per heavy atom. The molecule has 1 fully saturated rings. The molecular formula is C24H28N4O2. The number of nitrogens with one attached hydrogen (secondary N) is 1. The molecule has 3 aromatic rings. The second kappa shape index (κ2) is 9.69. The van der Waals surface area contributed by atoms with Gasteiger partial charge in [0.25, 0.3) is 5.91 Å². The number of carbonyl (C=O) groups excluding carboxylic acids is 1. The molecule has 6 nitrogen and oxygen atoms in total. The smallest absolute Gasteiger partial charge is 0.251 e. The fourth-order valence-corrected chi connectivity index (χ4v) is 3.69. The predicted molar refractivity (Wildman–Crippen MR) is 116 cm³/mol. The van der Waals surface area contributed by atoms with Gasteiger partial charge in [-0.25, -0.2) is 4.98 Å². The fraction of sp³-hybridized carbons (Fsp3) is 0.333. The maximum Gasteiger partial charge on any atom is 0.251 e. The molecule has 0 atom stereocenters. The van der Waals surface area contributed by atoms with Gasteiger partial charge < -0.3 is 14.6 Å². The van der Waals surface area contributed by atoms with Crippen molar-refractivity contribution in [2.24, 2.45) is 0 Å². The van der Waals surface area contributed by atoms with Crippen molar-refractivity contribution in [2.45, 2.75) is 26.6 Å². The first-order chi connectivity index (χ1) is 14.7. The number of hydrogen-bond donors (Lipinski definition) is 1. The van der Waals surface area contributed by atoms with Gasteiger partial charge in [0.15, 0.2) is 0 Å². The van der Waals surface area contributed by atoms with E-state index in [1.54, 1.807) is 6.20 Å². The molecule has 1 N–H and O–H groups in total. The number of aryl methyl sites for hydroxylation is 1. The lowest BCUT2D eigenvalue weighted by Gasteiger charge is -2.27. The molecule has 156 valence electrons. The van der Waals surface area contributed by atoms with E-state index in [1.807, 2.05) is 43.5 Å². The first kappa shape index (κ1) is 20.3. The van der Waals surface area contributed by atoms with Crippen molar-refractivity contribution in [3.63, 3.8) is 0 Å². The van der Waals surface area contributed by atoms with Gasteiger partial charge >= 0.3 is 0 Å². The Bertz CT molecular complexity index is 975. The average Bonchev–Trinajstić information content (AvgIpc) is 3.18. The Kier molecular flexibility index (Phi) is 6.57. The summed E-state index contributed by atoms with van der Waals surface area (Å²) in [7, 11) is 0. The minimum Gasteiger partial charge on any atom is -0.379 e. The van der Waals surface area contributed by atoms with Crippen LogP contribution in [0, 0.1) is 6.92 Å². The van der Waals surface area contributed by atoms with E-state index in [2.05, 4.69) is 38.0 Å². The highest BCUT2D eigenvalue weighted by Crippen LogP contribution is 2.14. The van der Waals surface area contributed by atoms with E-state index in [0.717, 1.165) is 56.3 Å². The van der Waals surface area contributed by atoms with Crippen LogP contribution in [0.2, 0.25) is 0 Å². The first-order valence-electron chi connectivity index (χ1n) is 10.4. The zero-order chi connectivity index (χ0) is 20.8. The minimum atomic E-state index is -0.0541. The van der Waals surface area contributed by atoms with E-state index in [4.69, 9.17) is 4.74 Å². The standard InChI is InChI=1S/C24H28N4O2/c1-19-25-10-11-28(19)17-20-6-8-21(9-7-20)24(29)26-16-22-4-2-3-5-23(22)18-27-12-14-30-15-13-27/h2-11H,12-18H2,1H3,(H,26,29). The van der Waals surface area contributed by atoms with Crippen LogP contribution in [0.5, 0.6) is 0 Å². The Hall–Kier alpha value is -2.96. The van der Waals surface area contributed by atoms with Crippen LogP contribution < -0.4 is 5.32 Å². The highest BCUT2D eigenvalue weighted by molar-refractivity contribution is 5.94. The molecule has 1 amide bonds. The molecule has 6 heteroatoms. The Morgan fingerprint density at radius 3 is 2.47 bits per heavy atom. The summed E-state index contributed by atoms with van der Waals surface area (Å²) in [4.78, 5) is 19.3. The molecule has 0 saturated carbocycles. The Labute approximate surface area is 177 Å². The van der Waals surface area contributed by atoms with Crippen LogP contribution in [0.25, 0.3) is 0 Å². The van der Waals surface area contributed by atoms with Crippen molar-refractivity contribution in [1.29, 1.82) is 0 Å². The molecule has 2 heterocycles. The Morgan fingerprint density at radius 2 is 1.77 bits per heavy atom. The van der Waals surface area contributed by atoms with E-state index < -0.39 is 0 Å². The predicted octanol–water partition coefficient (Wildman–Crippen LogP) is 3.00. The molecule has 2 aromatic carbocycles. The molecule has 0 bridgehead atoms. The van der Waals surface area contributed by atoms with Crippen LogP contribution in [-0.4, -0.2) is 46.7 Å². The highest BCUT2D eigenvalue weighted by Gasteiger charge is 2.13. The van der Waals surface area contributed by atoms with Crippen LogP contribution in [-0.2, 0) is 24.4 Å². The molecule has 0 aliphatic carbocycles. The van der Waals surface area contributed by atoms with Crippen LogP contribution >= 0.6 is 0 Å². The van der Waals surface area contributed by atoms with E-state index in [0.29, 0.717) is 12.1 Å². The summed E-state index contributed by atoms with van der Waals surface area (Å²) in [5.41, 5.74) is 4.23. The number of hydrogen-bond acceptors (Lipinski definition) is 4. The number of morpholine rings is 1. The lowest BCUT2D eigenvalue weighted by atomic mass is 10.1. The number of ether oxygens (including phenoxy) is 1. The lowest BCUT2D eigenvalue weighted by molar-refractivity contribution is 0.0340. The quantitative estimate of drug-likeness (QED) is 0.658. The highest BCUT2D eigenvalue weighted by atomic mass is 16.5. The second-order valence-electron chi connectivity index (χ2n) is 7.64. The van der Waals surface area contributed by atoms with Gasteiger partial charge in [0.2, 0.25) is 0 Å². The van der Waals surface area contributed by atoms with E-state index in [-0.39, 0.29) is 5.91 Å². The molecule has 0 radical (unpaired) electrons. The number of carbonyl (C=O) groups is 1. The first-order valence-corrected chi connectivity index (χ1v) is 10.4. The molecule has 1 saturated heterocycles. The van der Waals surface area contributed by atoms with Gasteiger partial charge in [-0.3, -0.25) is 9.69 Å². The van der Waals surface area contributed by atoms with Crippen molar-refractivity contribution in [1.82, 2.24) is 19.8 Å². The van der Waals surface area contributed by atoms with Crippen molar-refractivity contribution in [2.75, 3.05) is 26.3 Å². The summed E-state index contributed by atoms with van der Waals surface area (Å²) >= 11 is 0. The zero-order valence-electron chi connectivity index (χ0n) is 17.4. The maximum atomic E-state index is 12.6. The second-order valence-corrected chi connectivity index (χ2v) is 7.64. The van der Waals surface area contributed by atoms with Crippen LogP contribution in [0.3, 0.4) is 0 Å². The Balaban J connectivity index is 1.35. The SMILES string of the molecule is Cc1nccn1Cc1ccc(C(=O)NCc2ccccc2CN2CCOCC2)cc1. The summed E-state index contributed by atoms with van der Waals surface area (Å²) < 4.78 is 7.52. The fourth-order valence-electron chi connectivity index (χ4n) is 3.69. The average molecular weight is 405 g/mol. The topological polar surface area (TPSA) is 59.4 Å². The molecule has 0 spiro atoms. The van der Waals surface area contributed by atoms with Gasteiger partial charge in [-0.05, 0) is 35.7 Å². The van der Waals surface area contributed by atoms with E-state index in [1.165, 1.54) is 5.56 Å². The molecule has 4 rings (SSSR count). The number of rotatable bonds is 7. The number of benzene rings is 2. The van der Waals surface area contributed by atoms with Gasteiger partial charge in [0.05, 0.1) is 13.2 Å². The molecule has 1 aliphatic rings. The largest absolute Gasteiger partial charge is 0.379 e. The number of amides is 1. The van der Waals surface area contributed by atoms with Gasteiger partial charge in [0.1, 0.15) is 5.82 Å². The van der Waals surface area contributed by atoms with Crippen LogP contribution in [0.15, 0.2) is 60.9 Å². The van der Waals surface area contributed by atoms with Gasteiger partial charge in [0, 0.05) is 50.7 Å². The van der Waals surface area contributed by atoms with Crippen molar-refractivity contribution in [3.8, 4) is 0 Å². The maximum absolute atomic E-state index is 12.6. The number of nitrogens with zero attached hydrogens (tertiary/aromatic N) is 3. The third kappa shape index (κ3) is 5.14. The summed E-state index contributed by atoms with van der Waals surface area (Å²) in [6.07, 6.45) is 3.76. The van der Waals surface area contributed by atoms with Gasteiger partial charge in [-0.2, -0.15) is 0 Å². The molecular weight excluding hydrogens is 376 g/mol.